The maximum absolute atomic E-state index is 12.3. The molecule has 0 radical (unpaired) electrons. The molecule has 2 unspecified atom stereocenters. The average molecular weight is 207 g/mol. The normalized spacial score (nSPS) is 40.3. The van der Waals surface area contributed by atoms with E-state index >= 15 is 0 Å². The lowest BCUT2D eigenvalue weighted by molar-refractivity contribution is -0.143. The smallest absolute Gasteiger partial charge is 0.226 e. The van der Waals surface area contributed by atoms with Crippen molar-refractivity contribution in [1.29, 1.82) is 0 Å². The van der Waals surface area contributed by atoms with Crippen LogP contribution < -0.4 is 0 Å². The van der Waals surface area contributed by atoms with E-state index in [1.807, 2.05) is 0 Å². The molecule has 2 heteroatoms. The Bertz CT molecular complexity index is 258. The number of carbonyl (C=O) groups is 1. The number of nitrogens with zero attached hydrogens (tertiary/aromatic N) is 1. The van der Waals surface area contributed by atoms with Crippen molar-refractivity contribution in [2.45, 2.75) is 64.0 Å². The van der Waals surface area contributed by atoms with Crippen LogP contribution in [0.25, 0.3) is 0 Å². The Morgan fingerprint density at radius 3 is 2.13 bits per heavy atom. The Morgan fingerprint density at radius 1 is 1.07 bits per heavy atom. The molecule has 1 aliphatic carbocycles. The number of rotatable bonds is 1. The largest absolute Gasteiger partial charge is 0.336 e. The molecule has 0 aromatic rings. The molecule has 0 N–H and O–H groups in total. The Labute approximate surface area is 92.0 Å². The zero-order valence-corrected chi connectivity index (χ0v) is 9.61. The Balaban J connectivity index is 1.73. The van der Waals surface area contributed by atoms with Crippen LogP contribution in [0.4, 0.5) is 0 Å². The predicted molar refractivity (Wildman–Crippen MR) is 59.4 cm³/mol. The molecule has 2 heterocycles. The highest BCUT2D eigenvalue weighted by atomic mass is 16.2. The van der Waals surface area contributed by atoms with Gasteiger partial charge in [0.15, 0.2) is 0 Å². The number of carbonyl (C=O) groups excluding carboxylic acids is 1. The molecule has 84 valence electrons. The summed E-state index contributed by atoms with van der Waals surface area (Å²) in [5.74, 6) is 1.75. The number of piperidine rings is 1. The molecule has 3 fully saturated rings. The van der Waals surface area contributed by atoms with Crippen molar-refractivity contribution in [3.63, 3.8) is 0 Å². The molecule has 2 atom stereocenters. The minimum Gasteiger partial charge on any atom is -0.336 e. The highest BCUT2D eigenvalue weighted by Crippen LogP contribution is 2.41. The Kier molecular flexibility index (Phi) is 2.26. The second kappa shape index (κ2) is 3.50. The first-order valence-corrected chi connectivity index (χ1v) is 6.58. The van der Waals surface area contributed by atoms with Gasteiger partial charge in [0, 0.05) is 18.0 Å². The van der Waals surface area contributed by atoms with Crippen LogP contribution in [-0.2, 0) is 4.79 Å². The molecule has 2 nitrogen and oxygen atoms in total. The topological polar surface area (TPSA) is 20.3 Å². The first kappa shape index (κ1) is 9.68. The maximum Gasteiger partial charge on any atom is 0.226 e. The molecule has 0 aromatic carbocycles. The first-order valence-electron chi connectivity index (χ1n) is 6.58. The van der Waals surface area contributed by atoms with Crippen molar-refractivity contribution in [2.24, 2.45) is 11.8 Å². The summed E-state index contributed by atoms with van der Waals surface area (Å²) < 4.78 is 0. The second-order valence-corrected chi connectivity index (χ2v) is 5.83. The van der Waals surface area contributed by atoms with Crippen molar-refractivity contribution in [2.75, 3.05) is 0 Å². The number of hydrogen-bond acceptors (Lipinski definition) is 1. The zero-order chi connectivity index (χ0) is 10.4. The summed E-state index contributed by atoms with van der Waals surface area (Å²) in [5, 5.41) is 0. The molecule has 1 saturated carbocycles. The summed E-state index contributed by atoms with van der Waals surface area (Å²) in [6.45, 7) is 2.34. The highest BCUT2D eigenvalue weighted by molar-refractivity contribution is 5.80. The molecule has 2 aliphatic heterocycles. The first-order chi connectivity index (χ1) is 7.25. The van der Waals surface area contributed by atoms with Gasteiger partial charge in [-0.25, -0.2) is 0 Å². The van der Waals surface area contributed by atoms with Gasteiger partial charge in [-0.15, -0.1) is 0 Å². The summed E-state index contributed by atoms with van der Waals surface area (Å²) in [5.41, 5.74) is 0. The van der Waals surface area contributed by atoms with E-state index in [1.165, 1.54) is 32.1 Å². The van der Waals surface area contributed by atoms with Gasteiger partial charge in [-0.05, 0) is 44.4 Å². The van der Waals surface area contributed by atoms with Crippen molar-refractivity contribution in [1.82, 2.24) is 4.90 Å². The van der Waals surface area contributed by atoms with Crippen molar-refractivity contribution >= 4 is 5.91 Å². The van der Waals surface area contributed by atoms with E-state index in [9.17, 15) is 4.79 Å². The fraction of sp³-hybridized carbons (Fsp3) is 0.923. The molecular formula is C13H21NO. The lowest BCUT2D eigenvalue weighted by Crippen LogP contribution is -2.49. The van der Waals surface area contributed by atoms with Gasteiger partial charge in [0.2, 0.25) is 5.91 Å². The van der Waals surface area contributed by atoms with Crippen molar-refractivity contribution in [3.05, 3.63) is 0 Å². The minimum absolute atomic E-state index is 0.404. The number of amides is 1. The quantitative estimate of drug-likeness (QED) is 0.647. The van der Waals surface area contributed by atoms with Crippen LogP contribution >= 0.6 is 0 Å². The van der Waals surface area contributed by atoms with Gasteiger partial charge in [0.05, 0.1) is 0 Å². The minimum atomic E-state index is 0.404. The Hall–Kier alpha value is -0.530. The fourth-order valence-corrected chi connectivity index (χ4v) is 3.67. The molecule has 2 bridgehead atoms. The average Bonchev–Trinajstić information content (AvgIpc) is 2.36. The van der Waals surface area contributed by atoms with E-state index in [-0.39, 0.29) is 0 Å². The van der Waals surface area contributed by atoms with E-state index in [0.717, 1.165) is 18.8 Å². The fourth-order valence-electron chi connectivity index (χ4n) is 3.67. The van der Waals surface area contributed by atoms with E-state index in [0.29, 0.717) is 23.9 Å². The summed E-state index contributed by atoms with van der Waals surface area (Å²) >= 11 is 0. The van der Waals surface area contributed by atoms with Crippen molar-refractivity contribution in [3.8, 4) is 0 Å². The van der Waals surface area contributed by atoms with Crippen LogP contribution in [0.5, 0.6) is 0 Å². The Morgan fingerprint density at radius 2 is 1.67 bits per heavy atom. The molecular weight excluding hydrogens is 186 g/mol. The monoisotopic (exact) mass is 207 g/mol. The van der Waals surface area contributed by atoms with Crippen LogP contribution in [0.1, 0.15) is 51.9 Å². The zero-order valence-electron chi connectivity index (χ0n) is 9.61. The lowest BCUT2D eigenvalue weighted by Gasteiger charge is -2.41. The molecule has 3 rings (SSSR count). The van der Waals surface area contributed by atoms with E-state index in [2.05, 4.69) is 11.8 Å². The molecule has 2 saturated heterocycles. The second-order valence-electron chi connectivity index (χ2n) is 5.83. The van der Waals surface area contributed by atoms with Crippen LogP contribution in [-0.4, -0.2) is 22.9 Å². The van der Waals surface area contributed by atoms with Crippen LogP contribution in [0, 0.1) is 11.8 Å². The molecule has 0 spiro atoms. The highest BCUT2D eigenvalue weighted by Gasteiger charge is 2.44. The van der Waals surface area contributed by atoms with Crippen LogP contribution in [0.2, 0.25) is 0 Å². The van der Waals surface area contributed by atoms with Crippen LogP contribution in [0.15, 0.2) is 0 Å². The van der Waals surface area contributed by atoms with E-state index in [4.69, 9.17) is 0 Å². The van der Waals surface area contributed by atoms with Crippen LogP contribution in [0.3, 0.4) is 0 Å². The predicted octanol–water partition coefficient (Wildman–Crippen LogP) is 2.58. The molecule has 0 aromatic heterocycles. The van der Waals surface area contributed by atoms with Crippen molar-refractivity contribution < 1.29 is 4.79 Å². The number of hydrogen-bond donors (Lipinski definition) is 0. The van der Waals surface area contributed by atoms with Gasteiger partial charge < -0.3 is 4.90 Å². The van der Waals surface area contributed by atoms with Gasteiger partial charge in [-0.3, -0.25) is 4.79 Å². The summed E-state index contributed by atoms with van der Waals surface area (Å²) in [6, 6.07) is 1.21. The maximum atomic E-state index is 12.3. The standard InChI is InChI=1S/C13H21NO/c1-9-7-11-5-6-12(8-9)14(11)13(15)10-3-2-4-10/h9-12H,2-8H2,1H3. The SMILES string of the molecule is CC1CC2CCC(C1)N2C(=O)C1CCC1. The number of fused-ring (bicyclic) bond motifs is 2. The molecule has 1 amide bonds. The van der Waals surface area contributed by atoms with E-state index in [1.54, 1.807) is 0 Å². The third-order valence-corrected chi connectivity index (χ3v) is 4.68. The van der Waals surface area contributed by atoms with Gasteiger partial charge in [-0.2, -0.15) is 0 Å². The third kappa shape index (κ3) is 1.49. The van der Waals surface area contributed by atoms with Gasteiger partial charge in [0.1, 0.15) is 0 Å². The van der Waals surface area contributed by atoms with Gasteiger partial charge in [0.25, 0.3) is 0 Å². The lowest BCUT2D eigenvalue weighted by atomic mass is 9.82. The third-order valence-electron chi connectivity index (χ3n) is 4.68. The van der Waals surface area contributed by atoms with Gasteiger partial charge in [-0.1, -0.05) is 13.3 Å². The molecule has 3 aliphatic rings. The summed E-state index contributed by atoms with van der Waals surface area (Å²) in [4.78, 5) is 14.6. The van der Waals surface area contributed by atoms with E-state index < -0.39 is 0 Å². The summed E-state index contributed by atoms with van der Waals surface area (Å²) in [6.07, 6.45) is 8.65. The summed E-state index contributed by atoms with van der Waals surface area (Å²) in [7, 11) is 0. The molecule has 15 heavy (non-hydrogen) atoms. The van der Waals surface area contributed by atoms with Gasteiger partial charge >= 0.3 is 0 Å².